The highest BCUT2D eigenvalue weighted by Gasteiger charge is 2.38. The van der Waals surface area contributed by atoms with E-state index in [1.54, 1.807) is 6.92 Å². The molecular weight excluding hydrogens is 535 g/mol. The highest BCUT2D eigenvalue weighted by atomic mass is 32.1. The Balaban J connectivity index is 1.90. The topological polar surface area (TPSA) is 71.6 Å². The Labute approximate surface area is 246 Å². The second-order valence-electron chi connectivity index (χ2n) is 11.3. The lowest BCUT2D eigenvalue weighted by Gasteiger charge is -2.38. The highest BCUT2D eigenvalue weighted by molar-refractivity contribution is 7.80. The third-order valence-corrected chi connectivity index (χ3v) is 12.1. The molecule has 0 saturated heterocycles. The number of hydrogen-bond acceptors (Lipinski definition) is 4. The molecule has 3 atom stereocenters. The van der Waals surface area contributed by atoms with Gasteiger partial charge in [-0.15, -0.1) is 0 Å². The summed E-state index contributed by atoms with van der Waals surface area (Å²) in [5, 5.41) is 10.6. The molecule has 8 heteroatoms. The molecule has 214 valence electrons. The van der Waals surface area contributed by atoms with Gasteiger partial charge in [0.05, 0.1) is 31.3 Å². The van der Waals surface area contributed by atoms with Gasteiger partial charge in [-0.1, -0.05) is 112 Å². The van der Waals surface area contributed by atoms with Crippen LogP contribution in [0.2, 0.25) is 18.1 Å². The Bertz CT molecular complexity index is 1200. The van der Waals surface area contributed by atoms with Crippen molar-refractivity contribution in [3.05, 3.63) is 108 Å². The van der Waals surface area contributed by atoms with Crippen LogP contribution in [0.1, 0.15) is 62.5 Å². The highest BCUT2D eigenvalue weighted by Crippen LogP contribution is 2.37. The van der Waals surface area contributed by atoms with E-state index >= 15 is 0 Å². The fourth-order valence-electron chi connectivity index (χ4n) is 4.09. The monoisotopic (exact) mass is 577 g/mol. The van der Waals surface area contributed by atoms with Crippen molar-refractivity contribution < 1.29 is 14.0 Å². The van der Waals surface area contributed by atoms with Crippen LogP contribution in [0.15, 0.2) is 91.0 Å². The number of carbonyl (C=O) groups is 1. The van der Waals surface area contributed by atoms with Crippen LogP contribution < -0.4 is 16.0 Å². The van der Waals surface area contributed by atoms with E-state index in [1.807, 2.05) is 78.9 Å². The van der Waals surface area contributed by atoms with Crippen LogP contribution in [0, 0.1) is 0 Å². The molecule has 0 bridgehead atoms. The lowest BCUT2D eigenvalue weighted by molar-refractivity contribution is 0.145. The van der Waals surface area contributed by atoms with Gasteiger partial charge in [-0.25, -0.2) is 4.79 Å². The predicted molar refractivity (Wildman–Crippen MR) is 170 cm³/mol. The number of thiocarbonyl (C=S) groups is 1. The molecule has 0 aliphatic heterocycles. The molecule has 0 unspecified atom stereocenters. The zero-order valence-electron chi connectivity index (χ0n) is 24.4. The molecule has 0 aliphatic carbocycles. The van der Waals surface area contributed by atoms with Crippen molar-refractivity contribution in [2.75, 3.05) is 13.2 Å². The molecule has 40 heavy (non-hydrogen) atoms. The fraction of sp³-hybridized carbons (Fsp3) is 0.375. The summed E-state index contributed by atoms with van der Waals surface area (Å²) < 4.78 is 11.9. The molecule has 6 nitrogen and oxygen atoms in total. The molecule has 0 heterocycles. The average Bonchev–Trinajstić information content (AvgIpc) is 2.94. The van der Waals surface area contributed by atoms with E-state index in [1.165, 1.54) is 0 Å². The Morgan fingerprint density at radius 3 is 1.68 bits per heavy atom. The molecule has 1 amide bonds. The summed E-state index contributed by atoms with van der Waals surface area (Å²) in [6.07, 6.45) is -0.483. The van der Waals surface area contributed by atoms with E-state index in [9.17, 15) is 4.79 Å². The van der Waals surface area contributed by atoms with Gasteiger partial charge in [0, 0.05) is 0 Å². The number of carbonyl (C=O) groups excluding carboxylic acids is 1. The van der Waals surface area contributed by atoms with Crippen molar-refractivity contribution in [1.82, 2.24) is 16.0 Å². The number of rotatable bonds is 11. The Kier molecular flexibility index (Phi) is 11.3. The third kappa shape index (κ3) is 8.91. The van der Waals surface area contributed by atoms with E-state index in [0.29, 0.717) is 11.7 Å². The summed E-state index contributed by atoms with van der Waals surface area (Å²) in [5.41, 5.74) is 3.00. The summed E-state index contributed by atoms with van der Waals surface area (Å²) >= 11 is 5.91. The van der Waals surface area contributed by atoms with E-state index in [-0.39, 0.29) is 23.7 Å². The van der Waals surface area contributed by atoms with Crippen molar-refractivity contribution in [2.24, 2.45) is 0 Å². The SMILES string of the molecule is CCOC(=O)N[C@@H](c1ccccc1)[C@@H](NC(=S)N[C@H](CO[Si](C)(C)C(C)(C)C)c1ccccc1)c1ccccc1. The summed E-state index contributed by atoms with van der Waals surface area (Å²) in [6.45, 7) is 13.8. The van der Waals surface area contributed by atoms with Crippen molar-refractivity contribution in [3.8, 4) is 0 Å². The zero-order valence-corrected chi connectivity index (χ0v) is 26.3. The first-order valence-corrected chi connectivity index (χ1v) is 17.1. The molecule has 0 spiro atoms. The molecular formula is C32H43N3O3SSi. The maximum atomic E-state index is 12.6. The van der Waals surface area contributed by atoms with Crippen LogP contribution in [-0.2, 0) is 9.16 Å². The molecule has 0 aromatic heterocycles. The smallest absolute Gasteiger partial charge is 0.407 e. The van der Waals surface area contributed by atoms with E-state index < -0.39 is 20.5 Å². The van der Waals surface area contributed by atoms with E-state index in [0.717, 1.165) is 16.7 Å². The van der Waals surface area contributed by atoms with Gasteiger partial charge in [-0.3, -0.25) is 0 Å². The first-order chi connectivity index (χ1) is 19.0. The predicted octanol–water partition coefficient (Wildman–Crippen LogP) is 7.44. The number of ether oxygens (including phenoxy) is 1. The second-order valence-corrected chi connectivity index (χ2v) is 16.5. The standard InChI is InChI=1S/C32H43N3O3SSi/c1-7-37-31(36)35-29(26-21-15-10-16-22-26)28(25-19-13-9-14-20-25)34-30(39)33-27(24-17-11-8-12-18-24)23-38-40(5,6)32(2,3)4/h8-22,27-29H,7,23H2,1-6H3,(H,35,36)(H2,33,34,39)/t27-,28+,29+/m1/s1. The molecule has 0 saturated carbocycles. The average molecular weight is 578 g/mol. The third-order valence-electron chi connectivity index (χ3n) is 7.41. The minimum atomic E-state index is -1.99. The van der Waals surface area contributed by atoms with Crippen LogP contribution in [0.5, 0.6) is 0 Å². The van der Waals surface area contributed by atoms with Crippen LogP contribution >= 0.6 is 12.2 Å². The molecule has 0 fully saturated rings. The van der Waals surface area contributed by atoms with Crippen LogP contribution in [-0.4, -0.2) is 32.7 Å². The lowest BCUT2D eigenvalue weighted by atomic mass is 9.93. The molecule has 0 aliphatic rings. The van der Waals surface area contributed by atoms with Crippen LogP contribution in [0.25, 0.3) is 0 Å². The quantitative estimate of drug-likeness (QED) is 0.162. The summed E-state index contributed by atoms with van der Waals surface area (Å²) in [4.78, 5) is 12.6. The van der Waals surface area contributed by atoms with Crippen LogP contribution in [0.3, 0.4) is 0 Å². The molecule has 3 N–H and O–H groups in total. The summed E-state index contributed by atoms with van der Waals surface area (Å²) in [6, 6.07) is 29.1. The maximum Gasteiger partial charge on any atom is 0.407 e. The van der Waals surface area contributed by atoms with Gasteiger partial charge >= 0.3 is 6.09 Å². The molecule has 3 rings (SSSR count). The number of nitrogens with one attached hydrogen (secondary N) is 3. The Morgan fingerprint density at radius 2 is 1.23 bits per heavy atom. The number of benzene rings is 3. The summed E-state index contributed by atoms with van der Waals surface area (Å²) in [7, 11) is -1.99. The zero-order chi connectivity index (χ0) is 29.2. The van der Waals surface area contributed by atoms with Crippen molar-refractivity contribution in [1.29, 1.82) is 0 Å². The van der Waals surface area contributed by atoms with Gasteiger partial charge in [0.1, 0.15) is 0 Å². The second kappa shape index (κ2) is 14.4. The van der Waals surface area contributed by atoms with Gasteiger partial charge in [-0.2, -0.15) is 0 Å². The number of amides is 1. The van der Waals surface area contributed by atoms with E-state index in [4.69, 9.17) is 21.4 Å². The van der Waals surface area contributed by atoms with Gasteiger partial charge in [0.2, 0.25) is 0 Å². The Hall–Kier alpha value is -3.20. The first kappa shape index (κ1) is 31.3. The molecule has 3 aromatic rings. The maximum absolute atomic E-state index is 12.6. The van der Waals surface area contributed by atoms with Gasteiger partial charge < -0.3 is 25.1 Å². The number of alkyl carbamates (subject to hydrolysis) is 1. The number of hydrogen-bond donors (Lipinski definition) is 3. The Morgan fingerprint density at radius 1 is 0.775 bits per heavy atom. The fourth-order valence-corrected chi connectivity index (χ4v) is 5.38. The minimum Gasteiger partial charge on any atom is -0.450 e. The largest absolute Gasteiger partial charge is 0.450 e. The summed E-state index contributed by atoms with van der Waals surface area (Å²) in [5.74, 6) is 0. The van der Waals surface area contributed by atoms with Crippen molar-refractivity contribution in [3.63, 3.8) is 0 Å². The molecule has 3 aromatic carbocycles. The van der Waals surface area contributed by atoms with Crippen molar-refractivity contribution >= 4 is 31.7 Å². The van der Waals surface area contributed by atoms with Gasteiger partial charge in [0.15, 0.2) is 13.4 Å². The first-order valence-electron chi connectivity index (χ1n) is 13.8. The lowest BCUT2D eigenvalue weighted by Crippen LogP contribution is -2.47. The minimum absolute atomic E-state index is 0.0904. The normalized spacial score (nSPS) is 13.9. The molecule has 0 radical (unpaired) electrons. The van der Waals surface area contributed by atoms with Gasteiger partial charge in [-0.05, 0) is 54.0 Å². The van der Waals surface area contributed by atoms with E-state index in [2.05, 4.69) is 61.9 Å². The van der Waals surface area contributed by atoms with Gasteiger partial charge in [0.25, 0.3) is 0 Å². The van der Waals surface area contributed by atoms with Crippen LogP contribution in [0.4, 0.5) is 4.79 Å². The van der Waals surface area contributed by atoms with Crippen molar-refractivity contribution in [2.45, 2.75) is 64.0 Å².